The number of amides is 2. The summed E-state index contributed by atoms with van der Waals surface area (Å²) in [5.41, 5.74) is 4.24. The van der Waals surface area contributed by atoms with Crippen molar-refractivity contribution in [3.63, 3.8) is 0 Å². The largest absolute Gasteiger partial charge is 0.324 e. The van der Waals surface area contributed by atoms with Gasteiger partial charge >= 0.3 is 0 Å². The molecule has 2 aromatic heterocycles. The Bertz CT molecular complexity index is 1240. The van der Waals surface area contributed by atoms with Crippen molar-refractivity contribution in [2.75, 3.05) is 10.2 Å². The van der Waals surface area contributed by atoms with Gasteiger partial charge in [0.1, 0.15) is 6.04 Å². The average molecular weight is 449 g/mol. The van der Waals surface area contributed by atoms with E-state index in [1.165, 1.54) is 22.3 Å². The van der Waals surface area contributed by atoms with Crippen molar-refractivity contribution in [3.8, 4) is 0 Å². The Morgan fingerprint density at radius 1 is 1.16 bits per heavy atom. The molecule has 2 aromatic carbocycles. The van der Waals surface area contributed by atoms with Crippen molar-refractivity contribution in [2.45, 2.75) is 6.04 Å². The van der Waals surface area contributed by atoms with Gasteiger partial charge in [0, 0.05) is 34.4 Å². The number of halogens is 1. The molecule has 0 saturated heterocycles. The number of thiazole rings is 1. The van der Waals surface area contributed by atoms with E-state index in [-0.39, 0.29) is 0 Å². The van der Waals surface area contributed by atoms with Crippen LogP contribution >= 0.6 is 22.9 Å². The van der Waals surface area contributed by atoms with E-state index in [1.807, 2.05) is 12.1 Å². The third-order valence-electron chi connectivity index (χ3n) is 4.62. The highest BCUT2D eigenvalue weighted by atomic mass is 35.5. The maximum Gasteiger partial charge on any atom is 0.252 e. The number of carbonyl (C=O) groups is 2. The van der Waals surface area contributed by atoms with Gasteiger partial charge in [-0.15, -0.1) is 11.3 Å². The number of carbonyl (C=O) groups excluding carboxylic acids is 2. The number of aromatic nitrogens is 2. The number of benzene rings is 2. The fourth-order valence-corrected chi connectivity index (χ4v) is 4.03. The van der Waals surface area contributed by atoms with Crippen LogP contribution in [0.1, 0.15) is 11.6 Å². The zero-order chi connectivity index (χ0) is 21.8. The van der Waals surface area contributed by atoms with Crippen molar-refractivity contribution in [1.82, 2.24) is 9.97 Å². The number of anilines is 2. The van der Waals surface area contributed by atoms with E-state index >= 15 is 0 Å². The second kappa shape index (κ2) is 9.07. The second-order valence-corrected chi connectivity index (χ2v) is 7.92. The molecule has 31 heavy (non-hydrogen) atoms. The molecule has 154 valence electrons. The number of hydrogen-bond donors (Lipinski definition) is 1. The van der Waals surface area contributed by atoms with Crippen molar-refractivity contribution < 1.29 is 9.59 Å². The normalized spacial score (nSPS) is 11.6. The summed E-state index contributed by atoms with van der Waals surface area (Å²) < 4.78 is 0.905. The molecule has 0 aliphatic rings. The van der Waals surface area contributed by atoms with Crippen LogP contribution < -0.4 is 10.2 Å². The molecule has 4 rings (SSSR count). The Kier molecular flexibility index (Phi) is 6.06. The second-order valence-electron chi connectivity index (χ2n) is 6.60. The molecular formula is C23H17ClN4O2S. The minimum absolute atomic E-state index is 0.394. The minimum Gasteiger partial charge on any atom is -0.324 e. The Morgan fingerprint density at radius 2 is 1.97 bits per heavy atom. The smallest absolute Gasteiger partial charge is 0.252 e. The highest BCUT2D eigenvalue weighted by Gasteiger charge is 2.32. The van der Waals surface area contributed by atoms with Gasteiger partial charge in [-0.05, 0) is 54.6 Å². The van der Waals surface area contributed by atoms with Gasteiger partial charge in [0.2, 0.25) is 0 Å². The number of nitrogens with one attached hydrogen (secondary N) is 1. The van der Waals surface area contributed by atoms with E-state index < -0.39 is 17.9 Å². The Morgan fingerprint density at radius 3 is 2.68 bits per heavy atom. The number of hydrogen-bond acceptors (Lipinski definition) is 5. The first-order valence-corrected chi connectivity index (χ1v) is 10.6. The quantitative estimate of drug-likeness (QED) is 0.409. The van der Waals surface area contributed by atoms with Crippen LogP contribution in [0, 0.1) is 0 Å². The van der Waals surface area contributed by atoms with Gasteiger partial charge in [0.25, 0.3) is 11.8 Å². The summed E-state index contributed by atoms with van der Waals surface area (Å²) >= 11 is 7.40. The van der Waals surface area contributed by atoms with E-state index in [1.54, 1.807) is 60.4 Å². The van der Waals surface area contributed by atoms with Gasteiger partial charge in [0.15, 0.2) is 0 Å². The highest BCUT2D eigenvalue weighted by molar-refractivity contribution is 7.16. The lowest BCUT2D eigenvalue weighted by Gasteiger charge is -2.30. The molecule has 0 fully saturated rings. The molecule has 0 bridgehead atoms. The van der Waals surface area contributed by atoms with Crippen molar-refractivity contribution in [3.05, 3.63) is 95.7 Å². The molecule has 2 heterocycles. The summed E-state index contributed by atoms with van der Waals surface area (Å²) in [4.78, 5) is 36.2. The lowest BCUT2D eigenvalue weighted by Crippen LogP contribution is -2.40. The third kappa shape index (κ3) is 4.47. The molecule has 4 aromatic rings. The molecule has 6 nitrogen and oxygen atoms in total. The summed E-state index contributed by atoms with van der Waals surface area (Å²) in [6, 6.07) is 14.7. The van der Waals surface area contributed by atoms with Crippen molar-refractivity contribution in [1.29, 1.82) is 0 Å². The van der Waals surface area contributed by atoms with E-state index in [2.05, 4.69) is 21.9 Å². The zero-order valence-electron chi connectivity index (χ0n) is 16.2. The average Bonchev–Trinajstić information content (AvgIpc) is 3.27. The first-order chi connectivity index (χ1) is 15.1. The molecule has 2 amide bonds. The van der Waals surface area contributed by atoms with Crippen LogP contribution in [0.4, 0.5) is 11.4 Å². The van der Waals surface area contributed by atoms with Gasteiger partial charge in [-0.3, -0.25) is 19.5 Å². The molecule has 1 unspecified atom stereocenters. The third-order valence-corrected chi connectivity index (χ3v) is 5.67. The van der Waals surface area contributed by atoms with Crippen molar-refractivity contribution in [2.24, 2.45) is 0 Å². The van der Waals surface area contributed by atoms with Crippen LogP contribution in [0.25, 0.3) is 10.2 Å². The number of nitrogens with zero attached hydrogens (tertiary/aromatic N) is 3. The summed E-state index contributed by atoms with van der Waals surface area (Å²) in [6.07, 6.45) is 4.37. The molecule has 1 N–H and O–H groups in total. The minimum atomic E-state index is -0.972. The fourth-order valence-electron chi connectivity index (χ4n) is 3.19. The molecule has 0 radical (unpaired) electrons. The summed E-state index contributed by atoms with van der Waals surface area (Å²) in [6.45, 7) is 3.63. The zero-order valence-corrected chi connectivity index (χ0v) is 17.8. The topological polar surface area (TPSA) is 75.2 Å². The first-order valence-electron chi connectivity index (χ1n) is 9.32. The van der Waals surface area contributed by atoms with E-state index in [0.717, 1.165) is 10.2 Å². The lowest BCUT2D eigenvalue weighted by molar-refractivity contribution is -0.121. The molecule has 8 heteroatoms. The summed E-state index contributed by atoms with van der Waals surface area (Å²) in [5, 5.41) is 3.42. The van der Waals surface area contributed by atoms with Gasteiger partial charge in [-0.1, -0.05) is 24.2 Å². The Labute approximate surface area is 187 Å². The molecule has 0 spiro atoms. The van der Waals surface area contributed by atoms with Crippen LogP contribution in [-0.2, 0) is 9.59 Å². The van der Waals surface area contributed by atoms with Crippen LogP contribution in [0.3, 0.4) is 0 Å². The molecule has 0 saturated carbocycles. The van der Waals surface area contributed by atoms with Crippen LogP contribution in [0.5, 0.6) is 0 Å². The molecular weight excluding hydrogens is 432 g/mol. The Hall–Kier alpha value is -3.55. The van der Waals surface area contributed by atoms with E-state index in [9.17, 15) is 9.59 Å². The highest BCUT2D eigenvalue weighted by Crippen LogP contribution is 2.32. The summed E-state index contributed by atoms with van der Waals surface area (Å²) in [7, 11) is 0. The van der Waals surface area contributed by atoms with E-state index in [4.69, 9.17) is 11.6 Å². The monoisotopic (exact) mass is 448 g/mol. The van der Waals surface area contributed by atoms with Gasteiger partial charge in [-0.2, -0.15) is 0 Å². The predicted octanol–water partition coefficient (Wildman–Crippen LogP) is 5.24. The summed E-state index contributed by atoms with van der Waals surface area (Å²) in [5.74, 6) is -0.807. The lowest BCUT2D eigenvalue weighted by atomic mass is 10.0. The van der Waals surface area contributed by atoms with Crippen LogP contribution in [0.15, 0.2) is 85.2 Å². The maximum atomic E-state index is 13.4. The van der Waals surface area contributed by atoms with Gasteiger partial charge in [-0.25, -0.2) is 4.98 Å². The number of pyridine rings is 1. The fraction of sp³-hybridized carbons (Fsp3) is 0.0435. The SMILES string of the molecule is C=CC(=O)N(c1ccc2ncsc2c1)C(C(=O)Nc1ccc(Cl)cc1)c1cccnc1. The Balaban J connectivity index is 1.80. The molecule has 0 aliphatic heterocycles. The van der Waals surface area contributed by atoms with Gasteiger partial charge < -0.3 is 5.32 Å². The number of rotatable bonds is 6. The van der Waals surface area contributed by atoms with Gasteiger partial charge in [0.05, 0.1) is 15.7 Å². The van der Waals surface area contributed by atoms with Crippen molar-refractivity contribution >= 4 is 56.3 Å². The molecule has 0 aliphatic carbocycles. The van der Waals surface area contributed by atoms with E-state index in [0.29, 0.717) is 22.0 Å². The molecule has 1 atom stereocenters. The maximum absolute atomic E-state index is 13.4. The number of fused-ring (bicyclic) bond motifs is 1. The van der Waals surface area contributed by atoms with Crippen LogP contribution in [0.2, 0.25) is 5.02 Å². The predicted molar refractivity (Wildman–Crippen MR) is 124 cm³/mol. The van der Waals surface area contributed by atoms with Crippen LogP contribution in [-0.4, -0.2) is 21.8 Å². The standard InChI is InChI=1S/C23H17ClN4O2S/c1-2-21(29)28(18-9-10-19-20(12-18)31-14-26-19)22(15-4-3-11-25-13-15)23(30)27-17-7-5-16(24)6-8-17/h2-14,22H,1H2,(H,27,30). The first kappa shape index (κ1) is 20.7.